The quantitative estimate of drug-likeness (QED) is 0.370. The lowest BCUT2D eigenvalue weighted by atomic mass is 10.2. The minimum atomic E-state index is -0.620. The van der Waals surface area contributed by atoms with Crippen LogP contribution in [0.4, 0.5) is 11.4 Å². The van der Waals surface area contributed by atoms with E-state index in [1.807, 2.05) is 0 Å². The number of hydrogen-bond donors (Lipinski definition) is 3. The summed E-state index contributed by atoms with van der Waals surface area (Å²) in [6, 6.07) is 9.89. The van der Waals surface area contributed by atoms with E-state index >= 15 is 0 Å². The second-order valence-corrected chi connectivity index (χ2v) is 6.10. The highest BCUT2D eigenvalue weighted by Gasteiger charge is 2.15. The fourth-order valence-corrected chi connectivity index (χ4v) is 2.46. The number of hydrogen-bond acceptors (Lipinski definition) is 5. The molecule has 0 aliphatic heterocycles. The molecule has 0 fully saturated rings. The number of anilines is 1. The maximum atomic E-state index is 12.1. The number of amides is 3. The summed E-state index contributed by atoms with van der Waals surface area (Å²) in [5.74, 6) is -1.14. The summed E-state index contributed by atoms with van der Waals surface area (Å²) in [6.45, 7) is 1.63. The molecule has 2 rings (SSSR count). The minimum Gasteiger partial charge on any atom is -0.350 e. The van der Waals surface area contributed by atoms with Gasteiger partial charge >= 0.3 is 0 Å². The summed E-state index contributed by atoms with van der Waals surface area (Å²) >= 11 is 5.90. The highest BCUT2D eigenvalue weighted by Crippen LogP contribution is 2.21. The van der Waals surface area contributed by atoms with Gasteiger partial charge < -0.3 is 16.0 Å². The smallest absolute Gasteiger partial charge is 0.270 e. The molecule has 0 aliphatic carbocycles. The van der Waals surface area contributed by atoms with Crippen LogP contribution in [0.15, 0.2) is 42.5 Å². The summed E-state index contributed by atoms with van der Waals surface area (Å²) in [7, 11) is 0. The topological polar surface area (TPSA) is 130 Å². The molecule has 2 aromatic rings. The molecule has 10 heteroatoms. The third-order valence-corrected chi connectivity index (χ3v) is 3.90. The van der Waals surface area contributed by atoms with E-state index in [1.165, 1.54) is 19.1 Å². The Morgan fingerprint density at radius 2 is 1.61 bits per heavy atom. The summed E-state index contributed by atoms with van der Waals surface area (Å²) in [5.41, 5.74) is 0.702. The fraction of sp³-hybridized carbons (Fsp3) is 0.167. The Bertz CT molecular complexity index is 915. The van der Waals surface area contributed by atoms with E-state index in [0.717, 1.165) is 6.07 Å². The van der Waals surface area contributed by atoms with Crippen molar-refractivity contribution in [2.45, 2.75) is 6.92 Å². The first-order valence-corrected chi connectivity index (χ1v) is 8.53. The second kappa shape index (κ2) is 9.47. The van der Waals surface area contributed by atoms with E-state index in [4.69, 9.17) is 11.6 Å². The molecule has 28 heavy (non-hydrogen) atoms. The molecular weight excluding hydrogens is 388 g/mol. The molecule has 0 saturated carbocycles. The number of benzene rings is 2. The number of carbonyl (C=O) groups excluding carboxylic acids is 3. The number of nitrogens with one attached hydrogen (secondary N) is 3. The van der Waals surface area contributed by atoms with Gasteiger partial charge in [0, 0.05) is 43.4 Å². The van der Waals surface area contributed by atoms with Crippen molar-refractivity contribution in [3.05, 3.63) is 68.7 Å². The molecule has 0 atom stereocenters. The van der Waals surface area contributed by atoms with Gasteiger partial charge in [-0.1, -0.05) is 11.6 Å². The lowest BCUT2D eigenvalue weighted by Crippen LogP contribution is -2.34. The first-order chi connectivity index (χ1) is 13.3. The van der Waals surface area contributed by atoms with Crippen LogP contribution in [0.2, 0.25) is 5.02 Å². The second-order valence-electron chi connectivity index (χ2n) is 5.69. The van der Waals surface area contributed by atoms with Crippen molar-refractivity contribution in [2.24, 2.45) is 0 Å². The number of nitro benzene ring substituents is 1. The molecule has 0 aliphatic rings. The van der Waals surface area contributed by atoms with E-state index in [9.17, 15) is 24.5 Å². The Kier molecular flexibility index (Phi) is 7.05. The van der Waals surface area contributed by atoms with Crippen LogP contribution in [0, 0.1) is 10.1 Å². The Morgan fingerprint density at radius 1 is 1.00 bits per heavy atom. The SMILES string of the molecule is CC(=O)Nc1ccc(C(=O)NCCNC(=O)c2cc([N+](=O)[O-])ccc2Cl)cc1. The average Bonchev–Trinajstić information content (AvgIpc) is 2.65. The van der Waals surface area contributed by atoms with Crippen LogP contribution >= 0.6 is 11.6 Å². The van der Waals surface area contributed by atoms with E-state index in [0.29, 0.717) is 11.3 Å². The molecule has 0 saturated heterocycles. The maximum Gasteiger partial charge on any atom is 0.270 e. The molecule has 2 aromatic carbocycles. The maximum absolute atomic E-state index is 12.1. The number of nitrogens with zero attached hydrogens (tertiary/aromatic N) is 1. The summed E-state index contributed by atoms with van der Waals surface area (Å²) in [6.07, 6.45) is 0. The largest absolute Gasteiger partial charge is 0.350 e. The first kappa shape index (κ1) is 20.8. The molecule has 146 valence electrons. The molecule has 0 radical (unpaired) electrons. The van der Waals surface area contributed by atoms with Crippen LogP contribution in [0.3, 0.4) is 0 Å². The highest BCUT2D eigenvalue weighted by molar-refractivity contribution is 6.33. The summed E-state index contributed by atoms with van der Waals surface area (Å²) < 4.78 is 0. The molecule has 0 aromatic heterocycles. The third kappa shape index (κ3) is 5.78. The van der Waals surface area contributed by atoms with E-state index in [2.05, 4.69) is 16.0 Å². The minimum absolute atomic E-state index is 0.0178. The molecule has 0 bridgehead atoms. The van der Waals surface area contributed by atoms with Crippen molar-refractivity contribution < 1.29 is 19.3 Å². The van der Waals surface area contributed by atoms with Gasteiger partial charge in [-0.05, 0) is 30.3 Å². The van der Waals surface area contributed by atoms with Crippen LogP contribution in [0.1, 0.15) is 27.6 Å². The van der Waals surface area contributed by atoms with Crippen LogP contribution < -0.4 is 16.0 Å². The predicted molar refractivity (Wildman–Crippen MR) is 104 cm³/mol. The van der Waals surface area contributed by atoms with Gasteiger partial charge in [-0.25, -0.2) is 0 Å². The van der Waals surface area contributed by atoms with Gasteiger partial charge in [0.05, 0.1) is 15.5 Å². The monoisotopic (exact) mass is 404 g/mol. The standard InChI is InChI=1S/C18H17ClN4O5/c1-11(24)22-13-4-2-12(3-5-13)17(25)20-8-9-21-18(26)15-10-14(23(27)28)6-7-16(15)19/h2-7,10H,8-9H2,1H3,(H,20,25)(H,21,26)(H,22,24). The van der Waals surface area contributed by atoms with Crippen molar-refractivity contribution in [2.75, 3.05) is 18.4 Å². The van der Waals surface area contributed by atoms with Crippen molar-refractivity contribution in [1.29, 1.82) is 0 Å². The molecule has 3 amide bonds. The fourth-order valence-electron chi connectivity index (χ4n) is 2.26. The van der Waals surface area contributed by atoms with Crippen LogP contribution in [0.5, 0.6) is 0 Å². The average molecular weight is 405 g/mol. The predicted octanol–water partition coefficient (Wildman–Crippen LogP) is 2.37. The van der Waals surface area contributed by atoms with Gasteiger partial charge in [-0.15, -0.1) is 0 Å². The Labute approximate surface area is 165 Å². The summed E-state index contributed by atoms with van der Waals surface area (Å²) in [5, 5.41) is 18.6. The molecule has 9 nitrogen and oxygen atoms in total. The van der Waals surface area contributed by atoms with Gasteiger partial charge in [-0.2, -0.15) is 0 Å². The van der Waals surface area contributed by atoms with Crippen molar-refractivity contribution >= 4 is 40.7 Å². The molecular formula is C18H17ClN4O5. The lowest BCUT2D eigenvalue weighted by molar-refractivity contribution is -0.384. The highest BCUT2D eigenvalue weighted by atomic mass is 35.5. The van der Waals surface area contributed by atoms with Crippen molar-refractivity contribution in [1.82, 2.24) is 10.6 Å². The van der Waals surface area contributed by atoms with Crippen molar-refractivity contribution in [3.8, 4) is 0 Å². The summed E-state index contributed by atoms with van der Waals surface area (Å²) in [4.78, 5) is 45.3. The zero-order valence-corrected chi connectivity index (χ0v) is 15.6. The third-order valence-electron chi connectivity index (χ3n) is 3.57. The van der Waals surface area contributed by atoms with Crippen LogP contribution in [0.25, 0.3) is 0 Å². The Hall–Kier alpha value is -3.46. The van der Waals surface area contributed by atoms with Gasteiger partial charge in [0.1, 0.15) is 0 Å². The molecule has 0 unspecified atom stereocenters. The Morgan fingerprint density at radius 3 is 2.18 bits per heavy atom. The lowest BCUT2D eigenvalue weighted by Gasteiger charge is -2.09. The molecule has 3 N–H and O–H groups in total. The van der Waals surface area contributed by atoms with Gasteiger partial charge in [0.25, 0.3) is 17.5 Å². The van der Waals surface area contributed by atoms with E-state index in [1.54, 1.807) is 24.3 Å². The van der Waals surface area contributed by atoms with Gasteiger partial charge in [0.2, 0.25) is 5.91 Å². The molecule has 0 spiro atoms. The van der Waals surface area contributed by atoms with Crippen molar-refractivity contribution in [3.63, 3.8) is 0 Å². The number of non-ortho nitro benzene ring substituents is 1. The molecule has 0 heterocycles. The number of carbonyl (C=O) groups is 3. The normalized spacial score (nSPS) is 10.1. The zero-order valence-electron chi connectivity index (χ0n) is 14.8. The first-order valence-electron chi connectivity index (χ1n) is 8.16. The van der Waals surface area contributed by atoms with E-state index < -0.39 is 10.8 Å². The number of halogens is 1. The van der Waals surface area contributed by atoms with E-state index in [-0.39, 0.29) is 41.2 Å². The van der Waals surface area contributed by atoms with Gasteiger partial charge in [-0.3, -0.25) is 24.5 Å². The van der Waals surface area contributed by atoms with Crippen LogP contribution in [-0.2, 0) is 4.79 Å². The van der Waals surface area contributed by atoms with Crippen LogP contribution in [-0.4, -0.2) is 35.7 Å². The number of rotatable bonds is 7. The van der Waals surface area contributed by atoms with Gasteiger partial charge in [0.15, 0.2) is 0 Å². The zero-order chi connectivity index (χ0) is 20.7. The Balaban J connectivity index is 1.84. The number of nitro groups is 1.